The van der Waals surface area contributed by atoms with Crippen LogP contribution >= 0.6 is 0 Å². The van der Waals surface area contributed by atoms with Crippen LogP contribution < -0.4 is 10.6 Å². The fourth-order valence-electron chi connectivity index (χ4n) is 1.97. The van der Waals surface area contributed by atoms with Crippen molar-refractivity contribution >= 4 is 11.6 Å². The van der Waals surface area contributed by atoms with E-state index < -0.39 is 0 Å². The summed E-state index contributed by atoms with van der Waals surface area (Å²) in [6, 6.07) is 9.74. The first-order chi connectivity index (χ1) is 9.66. The Morgan fingerprint density at radius 2 is 2.10 bits per heavy atom. The molecule has 2 rings (SSSR count). The summed E-state index contributed by atoms with van der Waals surface area (Å²) in [7, 11) is 1.92. The number of benzene rings is 1. The van der Waals surface area contributed by atoms with E-state index in [2.05, 4.69) is 15.7 Å². The summed E-state index contributed by atoms with van der Waals surface area (Å²) in [6.45, 7) is 3.04. The first-order valence-electron chi connectivity index (χ1n) is 6.70. The molecule has 0 radical (unpaired) electrons. The Balaban J connectivity index is 1.71. The number of nitrogens with one attached hydrogen (secondary N) is 2. The number of amides is 1. The van der Waals surface area contributed by atoms with Crippen LogP contribution in [0, 0.1) is 6.92 Å². The minimum atomic E-state index is -0.0238. The zero-order valence-corrected chi connectivity index (χ0v) is 11.9. The lowest BCUT2D eigenvalue weighted by Gasteiger charge is -2.09. The summed E-state index contributed by atoms with van der Waals surface area (Å²) in [6.07, 6.45) is 2.63. The molecule has 2 aromatic rings. The molecule has 1 aromatic carbocycles. The Bertz CT molecular complexity index is 577. The summed E-state index contributed by atoms with van der Waals surface area (Å²) in [5.74, 6) is -0.0238. The molecule has 0 bridgehead atoms. The zero-order valence-electron chi connectivity index (χ0n) is 11.9. The molecule has 0 saturated carbocycles. The number of nitrogens with zero attached hydrogens (tertiary/aromatic N) is 2. The van der Waals surface area contributed by atoms with Crippen LogP contribution in [0.3, 0.4) is 0 Å². The van der Waals surface area contributed by atoms with Crippen molar-refractivity contribution in [2.45, 2.75) is 13.3 Å². The smallest absolute Gasteiger partial charge is 0.238 e. The monoisotopic (exact) mass is 272 g/mol. The third-order valence-corrected chi connectivity index (χ3v) is 3.19. The molecule has 0 atom stereocenters. The first-order valence-corrected chi connectivity index (χ1v) is 6.70. The van der Waals surface area contributed by atoms with Crippen molar-refractivity contribution in [1.82, 2.24) is 15.1 Å². The lowest BCUT2D eigenvalue weighted by molar-refractivity contribution is -0.115. The van der Waals surface area contributed by atoms with E-state index in [-0.39, 0.29) is 5.91 Å². The van der Waals surface area contributed by atoms with Gasteiger partial charge < -0.3 is 10.6 Å². The van der Waals surface area contributed by atoms with E-state index in [0.717, 1.165) is 29.9 Å². The first kappa shape index (κ1) is 14.3. The maximum Gasteiger partial charge on any atom is 0.238 e. The van der Waals surface area contributed by atoms with Gasteiger partial charge in [0.15, 0.2) is 0 Å². The summed E-state index contributed by atoms with van der Waals surface area (Å²) in [5, 5.41) is 10.1. The second-order valence-corrected chi connectivity index (χ2v) is 4.74. The summed E-state index contributed by atoms with van der Waals surface area (Å²) >= 11 is 0. The van der Waals surface area contributed by atoms with Gasteiger partial charge >= 0.3 is 0 Å². The zero-order chi connectivity index (χ0) is 14.4. The van der Waals surface area contributed by atoms with Crippen molar-refractivity contribution < 1.29 is 4.79 Å². The van der Waals surface area contributed by atoms with Gasteiger partial charge in [-0.2, -0.15) is 5.10 Å². The predicted octanol–water partition coefficient (Wildman–Crippen LogP) is 1.50. The third-order valence-electron chi connectivity index (χ3n) is 3.19. The van der Waals surface area contributed by atoms with Gasteiger partial charge in [0.25, 0.3) is 0 Å². The van der Waals surface area contributed by atoms with Crippen molar-refractivity contribution in [3.05, 3.63) is 47.8 Å². The van der Waals surface area contributed by atoms with E-state index in [9.17, 15) is 4.79 Å². The molecule has 1 heterocycles. The molecule has 2 N–H and O–H groups in total. The Labute approximate surface area is 119 Å². The molecule has 0 saturated heterocycles. The summed E-state index contributed by atoms with van der Waals surface area (Å²) in [5.41, 5.74) is 3.08. The minimum absolute atomic E-state index is 0.0238. The number of carbonyl (C=O) groups is 1. The highest BCUT2D eigenvalue weighted by Crippen LogP contribution is 2.12. The minimum Gasteiger partial charge on any atom is -0.325 e. The number of hydrogen-bond donors (Lipinski definition) is 2. The lowest BCUT2D eigenvalue weighted by Crippen LogP contribution is -2.30. The summed E-state index contributed by atoms with van der Waals surface area (Å²) in [4.78, 5) is 11.8. The number of rotatable bonds is 6. The van der Waals surface area contributed by atoms with Crippen LogP contribution in [0.4, 0.5) is 5.69 Å². The molecule has 20 heavy (non-hydrogen) atoms. The van der Waals surface area contributed by atoms with Gasteiger partial charge in [0.1, 0.15) is 0 Å². The van der Waals surface area contributed by atoms with Gasteiger partial charge in [0, 0.05) is 37.6 Å². The van der Waals surface area contributed by atoms with Crippen LogP contribution in [0.15, 0.2) is 36.5 Å². The number of anilines is 1. The van der Waals surface area contributed by atoms with E-state index in [0.29, 0.717) is 6.54 Å². The molecule has 106 valence electrons. The quantitative estimate of drug-likeness (QED) is 0.783. The standard InChI is InChI=1S/C15H20N4O/c1-12-5-3-4-6-14(12)18-15(20)11-16-9-7-13-8-10-17-19(13)2/h3-6,8,10,16H,7,9,11H2,1-2H3,(H,18,20). The van der Waals surface area contributed by atoms with Crippen LogP contribution in [0.25, 0.3) is 0 Å². The van der Waals surface area contributed by atoms with E-state index in [4.69, 9.17) is 0 Å². The molecule has 0 spiro atoms. The lowest BCUT2D eigenvalue weighted by atomic mass is 10.2. The Hall–Kier alpha value is -2.14. The average Bonchev–Trinajstić information content (AvgIpc) is 2.83. The van der Waals surface area contributed by atoms with Crippen molar-refractivity contribution in [3.8, 4) is 0 Å². The van der Waals surface area contributed by atoms with Crippen LogP contribution in [-0.4, -0.2) is 28.8 Å². The van der Waals surface area contributed by atoms with Crippen molar-refractivity contribution in [2.75, 3.05) is 18.4 Å². The van der Waals surface area contributed by atoms with Gasteiger partial charge in [-0.3, -0.25) is 9.48 Å². The van der Waals surface area contributed by atoms with Crippen molar-refractivity contribution in [1.29, 1.82) is 0 Å². The van der Waals surface area contributed by atoms with Crippen LogP contribution in [0.5, 0.6) is 0 Å². The SMILES string of the molecule is Cc1ccccc1NC(=O)CNCCc1ccnn1C. The van der Waals surface area contributed by atoms with Gasteiger partial charge in [0.2, 0.25) is 5.91 Å². The van der Waals surface area contributed by atoms with Gasteiger partial charge in [-0.1, -0.05) is 18.2 Å². The Kier molecular flexibility index (Phi) is 4.90. The molecular weight excluding hydrogens is 252 g/mol. The highest BCUT2D eigenvalue weighted by Gasteiger charge is 2.04. The Morgan fingerprint density at radius 1 is 1.30 bits per heavy atom. The highest BCUT2D eigenvalue weighted by molar-refractivity contribution is 5.92. The maximum atomic E-state index is 11.8. The number of aryl methyl sites for hydroxylation is 2. The number of hydrogen-bond acceptors (Lipinski definition) is 3. The highest BCUT2D eigenvalue weighted by atomic mass is 16.1. The normalized spacial score (nSPS) is 10.5. The molecular formula is C15H20N4O. The molecule has 0 fully saturated rings. The fraction of sp³-hybridized carbons (Fsp3) is 0.333. The molecule has 0 unspecified atom stereocenters. The molecule has 1 amide bonds. The number of carbonyl (C=O) groups excluding carboxylic acids is 1. The molecule has 5 heteroatoms. The van der Waals surface area contributed by atoms with E-state index in [1.807, 2.05) is 49.0 Å². The average molecular weight is 272 g/mol. The number of aromatic nitrogens is 2. The largest absolute Gasteiger partial charge is 0.325 e. The van der Waals surface area contributed by atoms with Crippen molar-refractivity contribution in [2.24, 2.45) is 7.05 Å². The molecule has 1 aromatic heterocycles. The van der Waals surface area contributed by atoms with E-state index in [1.165, 1.54) is 0 Å². The molecule has 0 aliphatic carbocycles. The van der Waals surface area contributed by atoms with Gasteiger partial charge in [0.05, 0.1) is 6.54 Å². The summed E-state index contributed by atoms with van der Waals surface area (Å²) < 4.78 is 1.84. The van der Waals surface area contributed by atoms with Gasteiger partial charge in [-0.25, -0.2) is 0 Å². The molecule has 5 nitrogen and oxygen atoms in total. The van der Waals surface area contributed by atoms with E-state index in [1.54, 1.807) is 6.20 Å². The van der Waals surface area contributed by atoms with Crippen LogP contribution in [0.1, 0.15) is 11.3 Å². The third kappa shape index (κ3) is 3.93. The second kappa shape index (κ2) is 6.86. The van der Waals surface area contributed by atoms with Gasteiger partial charge in [-0.15, -0.1) is 0 Å². The Morgan fingerprint density at radius 3 is 2.80 bits per heavy atom. The van der Waals surface area contributed by atoms with Crippen LogP contribution in [0.2, 0.25) is 0 Å². The number of para-hydroxylation sites is 1. The van der Waals surface area contributed by atoms with Crippen molar-refractivity contribution in [3.63, 3.8) is 0 Å². The van der Waals surface area contributed by atoms with E-state index >= 15 is 0 Å². The topological polar surface area (TPSA) is 59.0 Å². The van der Waals surface area contributed by atoms with Crippen LogP contribution in [-0.2, 0) is 18.3 Å². The molecule has 0 aliphatic rings. The second-order valence-electron chi connectivity index (χ2n) is 4.74. The maximum absolute atomic E-state index is 11.8. The van der Waals surface area contributed by atoms with Gasteiger partial charge in [-0.05, 0) is 24.6 Å². The fourth-order valence-corrected chi connectivity index (χ4v) is 1.97. The predicted molar refractivity (Wildman–Crippen MR) is 79.6 cm³/mol. The molecule has 0 aliphatic heterocycles.